The second-order valence-electron chi connectivity index (χ2n) is 2.29. The number of aryl methyl sites for hydroxylation is 1. The van der Waals surface area contributed by atoms with Gasteiger partial charge in [0, 0.05) is 3.57 Å². The minimum absolute atomic E-state index is 0.218. The van der Waals surface area contributed by atoms with Gasteiger partial charge in [-0.1, -0.05) is 0 Å². The van der Waals surface area contributed by atoms with Gasteiger partial charge in [0.2, 0.25) is 0 Å². The molecular weight excluding hydrogens is 279 g/mol. The molecule has 1 rings (SSSR count). The molecule has 2 N–H and O–H groups in total. The lowest BCUT2D eigenvalue weighted by atomic mass is 10.2. The van der Waals surface area contributed by atoms with Crippen molar-refractivity contribution in [2.24, 2.45) is 0 Å². The maximum absolute atomic E-state index is 12.9. The Morgan fingerprint density at radius 2 is 2.00 bits per heavy atom. The molecule has 0 spiro atoms. The Bertz CT molecular complexity index is 317. The first-order valence-corrected chi connectivity index (χ1v) is 4.20. The number of hydrogen-bond acceptors (Lipinski definition) is 2. The van der Waals surface area contributed by atoms with Crippen molar-refractivity contribution in [2.75, 3.05) is 5.48 Å². The summed E-state index contributed by atoms with van der Waals surface area (Å²) in [5.41, 5.74) is 1.60. The van der Waals surface area contributed by atoms with E-state index in [2.05, 4.69) is 0 Å². The summed E-state index contributed by atoms with van der Waals surface area (Å²) < 4.78 is 26.2. The van der Waals surface area contributed by atoms with E-state index in [0.29, 0.717) is 3.57 Å². The third kappa shape index (κ3) is 1.51. The van der Waals surface area contributed by atoms with Gasteiger partial charge in [0.05, 0.1) is 0 Å². The summed E-state index contributed by atoms with van der Waals surface area (Å²) in [5.74, 6) is -1.99. The van der Waals surface area contributed by atoms with Crippen LogP contribution in [-0.2, 0) is 0 Å². The van der Waals surface area contributed by atoms with Gasteiger partial charge in [0.15, 0.2) is 11.6 Å². The van der Waals surface area contributed by atoms with Gasteiger partial charge in [-0.15, -0.1) is 0 Å². The van der Waals surface area contributed by atoms with E-state index in [1.54, 1.807) is 28.1 Å². The molecule has 1 aromatic rings. The summed E-state index contributed by atoms with van der Waals surface area (Å²) in [7, 11) is 0. The molecule has 0 atom stereocenters. The summed E-state index contributed by atoms with van der Waals surface area (Å²) in [6, 6.07) is 1.44. The van der Waals surface area contributed by atoms with Crippen molar-refractivity contribution in [3.8, 4) is 0 Å². The number of halogens is 3. The largest absolute Gasteiger partial charge is 0.291 e. The molecule has 0 unspecified atom stereocenters. The fourth-order valence-electron chi connectivity index (χ4n) is 0.816. The van der Waals surface area contributed by atoms with E-state index < -0.39 is 11.6 Å². The maximum atomic E-state index is 12.9. The summed E-state index contributed by atoms with van der Waals surface area (Å²) in [5, 5.41) is 8.45. The molecule has 0 radical (unpaired) electrons. The third-order valence-corrected chi connectivity index (χ3v) is 2.30. The van der Waals surface area contributed by atoms with Gasteiger partial charge in [0.25, 0.3) is 0 Å². The topological polar surface area (TPSA) is 32.3 Å². The maximum Gasteiger partial charge on any atom is 0.185 e. The molecule has 1 aromatic carbocycles. The van der Waals surface area contributed by atoms with Crippen LogP contribution in [0.1, 0.15) is 5.56 Å². The first kappa shape index (κ1) is 9.66. The second kappa shape index (κ2) is 3.53. The van der Waals surface area contributed by atoms with E-state index in [4.69, 9.17) is 5.21 Å². The number of nitrogens with one attached hydrogen (secondary N) is 1. The van der Waals surface area contributed by atoms with Crippen LogP contribution in [0, 0.1) is 22.1 Å². The van der Waals surface area contributed by atoms with Crippen molar-refractivity contribution in [3.63, 3.8) is 0 Å². The lowest BCUT2D eigenvalue weighted by Crippen LogP contribution is -2.01. The normalized spacial score (nSPS) is 10.1. The Balaban J connectivity index is 3.40. The molecule has 0 aliphatic rings. The Kier molecular flexibility index (Phi) is 2.84. The van der Waals surface area contributed by atoms with E-state index in [-0.39, 0.29) is 11.3 Å². The Morgan fingerprint density at radius 1 is 1.42 bits per heavy atom. The van der Waals surface area contributed by atoms with E-state index >= 15 is 0 Å². The van der Waals surface area contributed by atoms with Crippen molar-refractivity contribution in [1.29, 1.82) is 0 Å². The van der Waals surface area contributed by atoms with Crippen LogP contribution in [0.25, 0.3) is 0 Å². The highest BCUT2D eigenvalue weighted by Crippen LogP contribution is 2.25. The van der Waals surface area contributed by atoms with Crippen molar-refractivity contribution in [1.82, 2.24) is 0 Å². The predicted octanol–water partition coefficient (Wildman–Crippen LogP) is 2.68. The van der Waals surface area contributed by atoms with Gasteiger partial charge in [-0.25, -0.2) is 8.78 Å². The lowest BCUT2D eigenvalue weighted by Gasteiger charge is -2.06. The molecule has 0 saturated carbocycles. The van der Waals surface area contributed by atoms with Gasteiger partial charge < -0.3 is 0 Å². The fourth-order valence-corrected chi connectivity index (χ4v) is 1.64. The van der Waals surface area contributed by atoms with Crippen molar-refractivity contribution < 1.29 is 14.0 Å². The summed E-state index contributed by atoms with van der Waals surface area (Å²) in [6.07, 6.45) is 0. The Morgan fingerprint density at radius 3 is 2.50 bits per heavy atom. The molecule has 0 aliphatic carbocycles. The molecule has 12 heavy (non-hydrogen) atoms. The fraction of sp³-hybridized carbons (Fsp3) is 0.143. The molecule has 0 aliphatic heterocycles. The SMILES string of the molecule is Cc1cc(I)c(NO)c(F)c1F. The van der Waals surface area contributed by atoms with E-state index in [0.717, 1.165) is 0 Å². The minimum atomic E-state index is -1.05. The Hall–Kier alpha value is -0.430. The number of rotatable bonds is 1. The van der Waals surface area contributed by atoms with Crippen LogP contribution in [0.3, 0.4) is 0 Å². The van der Waals surface area contributed by atoms with Crippen molar-refractivity contribution in [3.05, 3.63) is 26.8 Å². The van der Waals surface area contributed by atoms with Crippen LogP contribution >= 0.6 is 22.6 Å². The predicted molar refractivity (Wildman–Crippen MR) is 49.2 cm³/mol. The second-order valence-corrected chi connectivity index (χ2v) is 3.45. The molecule has 0 bridgehead atoms. The quantitative estimate of drug-likeness (QED) is 0.472. The smallest absolute Gasteiger partial charge is 0.185 e. The van der Waals surface area contributed by atoms with E-state index in [1.165, 1.54) is 13.0 Å². The molecular formula is C7H6F2INO. The first-order chi connectivity index (χ1) is 5.57. The lowest BCUT2D eigenvalue weighted by molar-refractivity contribution is 0.379. The van der Waals surface area contributed by atoms with Gasteiger partial charge in [-0.3, -0.25) is 10.7 Å². The average molecular weight is 285 g/mol. The van der Waals surface area contributed by atoms with Crippen LogP contribution < -0.4 is 5.48 Å². The molecule has 0 amide bonds. The van der Waals surface area contributed by atoms with Crippen LogP contribution in [0.5, 0.6) is 0 Å². The molecule has 0 heterocycles. The highest BCUT2D eigenvalue weighted by atomic mass is 127. The zero-order chi connectivity index (χ0) is 9.30. The first-order valence-electron chi connectivity index (χ1n) is 3.12. The van der Waals surface area contributed by atoms with Crippen molar-refractivity contribution >= 4 is 28.3 Å². The number of anilines is 1. The van der Waals surface area contributed by atoms with Gasteiger partial charge in [0.1, 0.15) is 5.69 Å². The standard InChI is InChI=1S/C7H6F2INO/c1-3-2-4(10)7(11-12)6(9)5(3)8/h2,11-12H,1H3. The number of hydrogen-bond donors (Lipinski definition) is 2. The molecule has 0 fully saturated rings. The highest BCUT2D eigenvalue weighted by molar-refractivity contribution is 14.1. The van der Waals surface area contributed by atoms with E-state index in [1.807, 2.05) is 0 Å². The monoisotopic (exact) mass is 285 g/mol. The molecule has 0 saturated heterocycles. The van der Waals surface area contributed by atoms with Gasteiger partial charge >= 0.3 is 0 Å². The van der Waals surface area contributed by atoms with Gasteiger partial charge in [-0.05, 0) is 41.1 Å². The minimum Gasteiger partial charge on any atom is -0.291 e. The molecule has 5 heteroatoms. The molecule has 66 valence electrons. The van der Waals surface area contributed by atoms with Crippen molar-refractivity contribution in [2.45, 2.75) is 6.92 Å². The summed E-state index contributed by atoms with van der Waals surface area (Å²) in [4.78, 5) is 0. The third-order valence-electron chi connectivity index (χ3n) is 1.45. The van der Waals surface area contributed by atoms with Crippen LogP contribution in [0.4, 0.5) is 14.5 Å². The highest BCUT2D eigenvalue weighted by Gasteiger charge is 2.14. The summed E-state index contributed by atoms with van der Waals surface area (Å²) in [6.45, 7) is 1.46. The zero-order valence-electron chi connectivity index (χ0n) is 6.16. The van der Waals surface area contributed by atoms with Crippen LogP contribution in [-0.4, -0.2) is 5.21 Å². The van der Waals surface area contributed by atoms with Gasteiger partial charge in [-0.2, -0.15) is 0 Å². The molecule has 0 aromatic heterocycles. The van der Waals surface area contributed by atoms with Crippen LogP contribution in [0.2, 0.25) is 0 Å². The molecule has 2 nitrogen and oxygen atoms in total. The average Bonchev–Trinajstić information content (AvgIpc) is 2.01. The summed E-state index contributed by atoms with van der Waals surface area (Å²) >= 11 is 1.80. The van der Waals surface area contributed by atoms with E-state index in [9.17, 15) is 8.78 Å². The zero-order valence-corrected chi connectivity index (χ0v) is 8.32. The Labute approximate surface area is 81.7 Å². The van der Waals surface area contributed by atoms with Crippen LogP contribution in [0.15, 0.2) is 6.07 Å². The number of benzene rings is 1.